The lowest BCUT2D eigenvalue weighted by molar-refractivity contribution is 0.473. The Labute approximate surface area is 165 Å². The van der Waals surface area contributed by atoms with Gasteiger partial charge in [-0.1, -0.05) is 50.2 Å². The summed E-state index contributed by atoms with van der Waals surface area (Å²) >= 11 is 0. The molecule has 0 spiro atoms. The van der Waals surface area contributed by atoms with Gasteiger partial charge in [-0.3, -0.25) is 0 Å². The number of halogens is 2. The molecular formula is C24H26F2N2. The fraction of sp³-hybridized carbons (Fsp3) is 0.250. The van der Waals surface area contributed by atoms with Crippen molar-refractivity contribution in [2.75, 3.05) is 19.6 Å². The molecule has 0 saturated carbocycles. The molecule has 0 aromatic heterocycles. The van der Waals surface area contributed by atoms with Crippen LogP contribution in [0, 0.1) is 11.6 Å². The Morgan fingerprint density at radius 2 is 1.21 bits per heavy atom. The number of hydrogen-bond acceptors (Lipinski definition) is 2. The minimum atomic E-state index is -0.259. The van der Waals surface area contributed by atoms with Crippen LogP contribution in [0.2, 0.25) is 0 Å². The van der Waals surface area contributed by atoms with Gasteiger partial charge in [-0.05, 0) is 58.1 Å². The van der Waals surface area contributed by atoms with Crippen LogP contribution < -0.4 is 11.1 Å². The normalized spacial score (nSPS) is 11.6. The summed E-state index contributed by atoms with van der Waals surface area (Å²) in [6.07, 6.45) is 0. The highest BCUT2D eigenvalue weighted by Gasteiger charge is 2.22. The lowest BCUT2D eigenvalue weighted by atomic mass is 9.81. The number of nitrogens with one attached hydrogen (secondary N) is 1. The van der Waals surface area contributed by atoms with Crippen molar-refractivity contribution in [2.45, 2.75) is 19.3 Å². The molecule has 146 valence electrons. The van der Waals surface area contributed by atoms with Gasteiger partial charge in [0.2, 0.25) is 0 Å². The number of rotatable bonds is 7. The summed E-state index contributed by atoms with van der Waals surface area (Å²) < 4.78 is 26.7. The van der Waals surface area contributed by atoms with Crippen LogP contribution in [0.3, 0.4) is 0 Å². The molecule has 0 bridgehead atoms. The van der Waals surface area contributed by atoms with Crippen LogP contribution in [0.15, 0.2) is 66.7 Å². The SMILES string of the molecule is CC(C)(CNCCN)c1cc(-c2ccc(F)cc2)cc(-c2ccc(F)cc2)c1. The predicted molar refractivity (Wildman–Crippen MR) is 112 cm³/mol. The van der Waals surface area contributed by atoms with E-state index in [1.54, 1.807) is 24.3 Å². The maximum absolute atomic E-state index is 13.4. The highest BCUT2D eigenvalue weighted by Crippen LogP contribution is 2.33. The van der Waals surface area contributed by atoms with E-state index in [9.17, 15) is 8.78 Å². The van der Waals surface area contributed by atoms with Crippen LogP contribution in [-0.2, 0) is 5.41 Å². The van der Waals surface area contributed by atoms with Crippen LogP contribution in [0.25, 0.3) is 22.3 Å². The Morgan fingerprint density at radius 1 is 0.750 bits per heavy atom. The zero-order chi connectivity index (χ0) is 20.1. The highest BCUT2D eigenvalue weighted by atomic mass is 19.1. The van der Waals surface area contributed by atoms with Crippen molar-refractivity contribution in [3.05, 3.63) is 83.9 Å². The molecule has 3 aromatic rings. The molecule has 3 N–H and O–H groups in total. The van der Waals surface area contributed by atoms with Crippen LogP contribution in [-0.4, -0.2) is 19.6 Å². The van der Waals surface area contributed by atoms with Crippen molar-refractivity contribution in [1.82, 2.24) is 5.32 Å². The third kappa shape index (κ3) is 4.83. The zero-order valence-corrected chi connectivity index (χ0v) is 16.3. The van der Waals surface area contributed by atoms with Gasteiger partial charge in [0.15, 0.2) is 0 Å². The van der Waals surface area contributed by atoms with Crippen LogP contribution in [0.4, 0.5) is 8.78 Å². The summed E-state index contributed by atoms with van der Waals surface area (Å²) in [4.78, 5) is 0. The lowest BCUT2D eigenvalue weighted by Gasteiger charge is -2.27. The van der Waals surface area contributed by atoms with Gasteiger partial charge in [0, 0.05) is 25.0 Å². The quantitative estimate of drug-likeness (QED) is 0.558. The van der Waals surface area contributed by atoms with E-state index >= 15 is 0 Å². The molecular weight excluding hydrogens is 354 g/mol. The van der Waals surface area contributed by atoms with Crippen LogP contribution >= 0.6 is 0 Å². The van der Waals surface area contributed by atoms with Gasteiger partial charge < -0.3 is 11.1 Å². The first-order valence-electron chi connectivity index (χ1n) is 9.47. The van der Waals surface area contributed by atoms with Gasteiger partial charge >= 0.3 is 0 Å². The maximum Gasteiger partial charge on any atom is 0.123 e. The molecule has 28 heavy (non-hydrogen) atoms. The molecule has 0 fully saturated rings. The number of hydrogen-bond donors (Lipinski definition) is 2. The zero-order valence-electron chi connectivity index (χ0n) is 16.3. The standard InChI is InChI=1S/C24H26F2N2/c1-24(2,16-28-12-11-27)21-14-19(17-3-7-22(25)8-4-17)13-20(15-21)18-5-9-23(26)10-6-18/h3-10,13-15,28H,11-12,16,27H2,1-2H3. The molecule has 0 atom stereocenters. The summed E-state index contributed by atoms with van der Waals surface area (Å²) in [7, 11) is 0. The third-order valence-electron chi connectivity index (χ3n) is 4.96. The van der Waals surface area contributed by atoms with Crippen molar-refractivity contribution in [1.29, 1.82) is 0 Å². The van der Waals surface area contributed by atoms with Crippen molar-refractivity contribution in [3.8, 4) is 22.3 Å². The topological polar surface area (TPSA) is 38.0 Å². The Balaban J connectivity index is 2.07. The summed E-state index contributed by atoms with van der Waals surface area (Å²) in [5.41, 5.74) is 10.5. The fourth-order valence-electron chi connectivity index (χ4n) is 3.24. The summed E-state index contributed by atoms with van der Waals surface area (Å²) in [5.74, 6) is -0.519. The van der Waals surface area contributed by atoms with E-state index in [-0.39, 0.29) is 17.0 Å². The van der Waals surface area contributed by atoms with E-state index in [0.29, 0.717) is 6.54 Å². The van der Waals surface area contributed by atoms with Crippen LogP contribution in [0.1, 0.15) is 19.4 Å². The molecule has 0 aliphatic carbocycles. The number of nitrogens with two attached hydrogens (primary N) is 1. The van der Waals surface area contributed by atoms with E-state index < -0.39 is 0 Å². The van der Waals surface area contributed by atoms with E-state index in [0.717, 1.165) is 40.9 Å². The monoisotopic (exact) mass is 380 g/mol. The van der Waals surface area contributed by atoms with E-state index in [2.05, 4.69) is 37.4 Å². The maximum atomic E-state index is 13.4. The Kier molecular flexibility index (Phi) is 6.22. The Morgan fingerprint density at radius 3 is 1.64 bits per heavy atom. The van der Waals surface area contributed by atoms with Crippen molar-refractivity contribution >= 4 is 0 Å². The highest BCUT2D eigenvalue weighted by molar-refractivity contribution is 5.74. The first-order valence-corrected chi connectivity index (χ1v) is 9.47. The Bertz CT molecular complexity index is 853. The molecule has 0 amide bonds. The summed E-state index contributed by atoms with van der Waals surface area (Å²) in [5, 5.41) is 3.38. The van der Waals surface area contributed by atoms with Crippen molar-refractivity contribution in [3.63, 3.8) is 0 Å². The smallest absolute Gasteiger partial charge is 0.123 e. The minimum absolute atomic E-state index is 0.139. The van der Waals surface area contributed by atoms with Gasteiger partial charge in [0.1, 0.15) is 11.6 Å². The van der Waals surface area contributed by atoms with Gasteiger partial charge in [-0.2, -0.15) is 0 Å². The van der Waals surface area contributed by atoms with E-state index in [1.165, 1.54) is 24.3 Å². The van der Waals surface area contributed by atoms with Gasteiger partial charge in [0.25, 0.3) is 0 Å². The molecule has 0 aliphatic rings. The minimum Gasteiger partial charge on any atom is -0.329 e. The van der Waals surface area contributed by atoms with Crippen molar-refractivity contribution in [2.24, 2.45) is 5.73 Å². The average molecular weight is 380 g/mol. The van der Waals surface area contributed by atoms with E-state index in [1.807, 2.05) is 0 Å². The first-order chi connectivity index (χ1) is 13.4. The molecule has 4 heteroatoms. The molecule has 3 rings (SSSR count). The van der Waals surface area contributed by atoms with E-state index in [4.69, 9.17) is 5.73 Å². The van der Waals surface area contributed by atoms with Gasteiger partial charge in [0.05, 0.1) is 0 Å². The van der Waals surface area contributed by atoms with Crippen molar-refractivity contribution < 1.29 is 8.78 Å². The van der Waals surface area contributed by atoms with Crippen LogP contribution in [0.5, 0.6) is 0 Å². The van der Waals surface area contributed by atoms with Gasteiger partial charge in [-0.25, -0.2) is 8.78 Å². The molecule has 0 radical (unpaired) electrons. The lowest BCUT2D eigenvalue weighted by Crippen LogP contribution is -2.35. The van der Waals surface area contributed by atoms with Gasteiger partial charge in [-0.15, -0.1) is 0 Å². The molecule has 2 nitrogen and oxygen atoms in total. The number of benzene rings is 3. The molecule has 0 heterocycles. The molecule has 0 aliphatic heterocycles. The second kappa shape index (κ2) is 8.63. The fourth-order valence-corrected chi connectivity index (χ4v) is 3.24. The molecule has 3 aromatic carbocycles. The molecule has 0 unspecified atom stereocenters. The molecule has 0 saturated heterocycles. The summed E-state index contributed by atoms with van der Waals surface area (Å²) in [6.45, 7) is 6.47. The third-order valence-corrected chi connectivity index (χ3v) is 4.96. The predicted octanol–water partition coefficient (Wildman–Crippen LogP) is 5.12. The first kappa shape index (κ1) is 20.2. The second-order valence-electron chi connectivity index (χ2n) is 7.66. The Hall–Kier alpha value is -2.56. The largest absolute Gasteiger partial charge is 0.329 e. The second-order valence-corrected chi connectivity index (χ2v) is 7.66. The average Bonchev–Trinajstić information content (AvgIpc) is 2.69. The summed E-state index contributed by atoms with van der Waals surface area (Å²) in [6, 6.07) is 19.3.